The molecule has 7 aromatic carbocycles. The molecule has 11 rings (SSSR count). The minimum Gasteiger partial charge on any atom is -0.456 e. The maximum Gasteiger partial charge on any atom is 0.135 e. The van der Waals surface area contributed by atoms with Crippen LogP contribution >= 0.6 is 0 Å². The third kappa shape index (κ3) is 3.64. The van der Waals surface area contributed by atoms with Crippen LogP contribution in [0.5, 0.6) is 0 Å². The third-order valence-corrected chi connectivity index (χ3v) is 11.3. The second-order valence-corrected chi connectivity index (χ2v) is 14.4. The van der Waals surface area contributed by atoms with E-state index in [1.54, 1.807) is 0 Å². The van der Waals surface area contributed by atoms with E-state index in [1.165, 1.54) is 27.8 Å². The summed E-state index contributed by atoms with van der Waals surface area (Å²) in [7, 11) is 0. The van der Waals surface area contributed by atoms with Crippen LogP contribution in [-0.2, 0) is 5.41 Å². The molecule has 0 radical (unpaired) electrons. The van der Waals surface area contributed by atoms with Crippen molar-refractivity contribution in [1.29, 1.82) is 10.5 Å². The number of furan rings is 1. The first-order valence-electron chi connectivity index (χ1n) is 17.5. The van der Waals surface area contributed by atoms with E-state index in [-0.39, 0.29) is 5.41 Å². The SMILES string of the molecule is CC1(C)c2ccccc2-c2ccc3c4cc(C#N)ccc4n(-c4ccc5oc6ccc(-n7c8ccccc8c8cc(C#N)ccc87)cc6c5c4)c3c21. The molecule has 0 atom stereocenters. The first kappa shape index (κ1) is 28.7. The van der Waals surface area contributed by atoms with Crippen LogP contribution in [0.15, 0.2) is 138 Å². The molecule has 0 amide bonds. The van der Waals surface area contributed by atoms with Crippen molar-refractivity contribution in [2.75, 3.05) is 0 Å². The van der Waals surface area contributed by atoms with Gasteiger partial charge < -0.3 is 13.6 Å². The largest absolute Gasteiger partial charge is 0.456 e. The lowest BCUT2D eigenvalue weighted by Gasteiger charge is -2.23. The van der Waals surface area contributed by atoms with Gasteiger partial charge in [0.15, 0.2) is 0 Å². The number of para-hydroxylation sites is 1. The Bertz CT molecular complexity index is 3300. The van der Waals surface area contributed by atoms with Crippen LogP contribution in [0, 0.1) is 22.7 Å². The van der Waals surface area contributed by atoms with E-state index in [4.69, 9.17) is 4.42 Å². The van der Waals surface area contributed by atoms with Gasteiger partial charge in [0.2, 0.25) is 0 Å². The van der Waals surface area contributed by atoms with Gasteiger partial charge in [-0.2, -0.15) is 10.5 Å². The van der Waals surface area contributed by atoms with Crippen molar-refractivity contribution in [3.8, 4) is 34.6 Å². The van der Waals surface area contributed by atoms with Gasteiger partial charge in [-0.15, -0.1) is 0 Å². The predicted molar refractivity (Wildman–Crippen MR) is 209 cm³/mol. The van der Waals surface area contributed by atoms with E-state index in [9.17, 15) is 10.5 Å². The highest BCUT2D eigenvalue weighted by Gasteiger charge is 2.38. The number of nitrogens with zero attached hydrogens (tertiary/aromatic N) is 4. The Morgan fingerprint density at radius 3 is 1.81 bits per heavy atom. The second-order valence-electron chi connectivity index (χ2n) is 14.4. The first-order valence-corrected chi connectivity index (χ1v) is 17.5. The standard InChI is InChI=1S/C47H28N4O/c1-47(2)39-9-5-3-7-31(39)33-15-16-34-36-22-28(26-49)12-18-42(36)51(46(34)45(33)47)30-14-20-44-38(24-30)37-23-29(13-19-43(37)52-44)50-40-10-6-4-8-32(40)35-21-27(25-48)11-17-41(35)50/h3-24H,1-2H3. The van der Waals surface area contributed by atoms with E-state index < -0.39 is 0 Å². The number of hydrogen-bond donors (Lipinski definition) is 0. The minimum atomic E-state index is -0.229. The summed E-state index contributed by atoms with van der Waals surface area (Å²) in [4.78, 5) is 0. The van der Waals surface area contributed by atoms with Crippen LogP contribution in [-0.4, -0.2) is 9.13 Å². The highest BCUT2D eigenvalue weighted by atomic mass is 16.3. The lowest BCUT2D eigenvalue weighted by Crippen LogP contribution is -2.16. The minimum absolute atomic E-state index is 0.229. The quantitative estimate of drug-likeness (QED) is 0.185. The van der Waals surface area contributed by atoms with E-state index in [2.05, 4.69) is 132 Å². The molecule has 5 heteroatoms. The molecular formula is C47H28N4O. The van der Waals surface area contributed by atoms with Crippen molar-refractivity contribution in [2.45, 2.75) is 19.3 Å². The van der Waals surface area contributed by atoms with Crippen molar-refractivity contribution in [3.63, 3.8) is 0 Å². The molecule has 5 nitrogen and oxygen atoms in total. The Morgan fingerprint density at radius 2 is 1.10 bits per heavy atom. The van der Waals surface area contributed by atoms with Gasteiger partial charge in [0, 0.05) is 49.1 Å². The van der Waals surface area contributed by atoms with Crippen LogP contribution in [0.25, 0.3) is 88.1 Å². The smallest absolute Gasteiger partial charge is 0.135 e. The summed E-state index contributed by atoms with van der Waals surface area (Å²) in [5.41, 5.74) is 14.3. The number of benzene rings is 7. The average molecular weight is 665 g/mol. The van der Waals surface area contributed by atoms with Crippen LogP contribution < -0.4 is 0 Å². The predicted octanol–water partition coefficient (Wildman–Crippen LogP) is 11.8. The van der Waals surface area contributed by atoms with Gasteiger partial charge in [-0.05, 0) is 101 Å². The fourth-order valence-corrected chi connectivity index (χ4v) is 9.05. The summed E-state index contributed by atoms with van der Waals surface area (Å²) in [6.45, 7) is 4.65. The van der Waals surface area contributed by atoms with Crippen LogP contribution in [0.4, 0.5) is 0 Å². The molecule has 3 aromatic heterocycles. The number of nitriles is 2. The summed E-state index contributed by atoms with van der Waals surface area (Å²) in [5, 5.41) is 26.0. The maximum atomic E-state index is 9.89. The fourth-order valence-electron chi connectivity index (χ4n) is 9.05. The van der Waals surface area contributed by atoms with Gasteiger partial charge in [-0.25, -0.2) is 0 Å². The molecule has 242 valence electrons. The zero-order chi connectivity index (χ0) is 34.9. The highest BCUT2D eigenvalue weighted by molar-refractivity contribution is 6.15. The molecule has 1 aliphatic rings. The summed E-state index contributed by atoms with van der Waals surface area (Å²) >= 11 is 0. The van der Waals surface area contributed by atoms with Crippen molar-refractivity contribution >= 4 is 65.6 Å². The molecule has 0 saturated heterocycles. The fraction of sp³-hybridized carbons (Fsp3) is 0.0638. The summed E-state index contributed by atoms with van der Waals surface area (Å²) in [6.07, 6.45) is 0. The molecule has 0 N–H and O–H groups in total. The van der Waals surface area contributed by atoms with Gasteiger partial charge in [-0.1, -0.05) is 68.4 Å². The Kier molecular flexibility index (Phi) is 5.53. The van der Waals surface area contributed by atoms with Crippen molar-refractivity contribution in [2.24, 2.45) is 0 Å². The van der Waals surface area contributed by atoms with Gasteiger partial charge in [0.1, 0.15) is 11.2 Å². The first-order chi connectivity index (χ1) is 25.4. The molecule has 10 aromatic rings. The Hall–Kier alpha value is -7.08. The molecule has 0 unspecified atom stereocenters. The third-order valence-electron chi connectivity index (χ3n) is 11.3. The molecule has 0 spiro atoms. The molecule has 0 bridgehead atoms. The second kappa shape index (κ2) is 10.0. The highest BCUT2D eigenvalue weighted by Crippen LogP contribution is 2.53. The topological polar surface area (TPSA) is 70.6 Å². The Labute approximate surface area is 298 Å². The zero-order valence-electron chi connectivity index (χ0n) is 28.4. The number of aromatic nitrogens is 2. The van der Waals surface area contributed by atoms with Gasteiger partial charge >= 0.3 is 0 Å². The Morgan fingerprint density at radius 1 is 0.500 bits per heavy atom. The van der Waals surface area contributed by atoms with Crippen LogP contribution in [0.2, 0.25) is 0 Å². The molecular weight excluding hydrogens is 637 g/mol. The van der Waals surface area contributed by atoms with E-state index in [0.717, 1.165) is 71.4 Å². The zero-order valence-corrected chi connectivity index (χ0v) is 28.4. The van der Waals surface area contributed by atoms with Crippen LogP contribution in [0.3, 0.4) is 0 Å². The lowest BCUT2D eigenvalue weighted by atomic mass is 9.81. The molecule has 0 fully saturated rings. The number of fused-ring (bicyclic) bond motifs is 13. The number of hydrogen-bond acceptors (Lipinski definition) is 3. The van der Waals surface area contributed by atoms with Crippen molar-refractivity contribution in [3.05, 3.63) is 156 Å². The normalized spacial score (nSPS) is 13.3. The molecule has 3 heterocycles. The number of rotatable bonds is 2. The lowest BCUT2D eigenvalue weighted by molar-refractivity contribution is 0.663. The van der Waals surface area contributed by atoms with Gasteiger partial charge in [-0.3, -0.25) is 0 Å². The summed E-state index contributed by atoms with van der Waals surface area (Å²) < 4.78 is 11.1. The summed E-state index contributed by atoms with van der Waals surface area (Å²) in [5.74, 6) is 0. The van der Waals surface area contributed by atoms with Crippen molar-refractivity contribution < 1.29 is 4.42 Å². The maximum absolute atomic E-state index is 9.89. The van der Waals surface area contributed by atoms with Crippen LogP contribution in [0.1, 0.15) is 36.1 Å². The van der Waals surface area contributed by atoms with Gasteiger partial charge in [0.05, 0.1) is 45.3 Å². The molecule has 0 saturated carbocycles. The van der Waals surface area contributed by atoms with E-state index >= 15 is 0 Å². The monoisotopic (exact) mass is 664 g/mol. The molecule has 1 aliphatic carbocycles. The van der Waals surface area contributed by atoms with Crippen molar-refractivity contribution in [1.82, 2.24) is 9.13 Å². The Balaban J connectivity index is 1.19. The average Bonchev–Trinajstić information content (AvgIpc) is 3.89. The van der Waals surface area contributed by atoms with E-state index in [1.807, 2.05) is 36.4 Å². The van der Waals surface area contributed by atoms with E-state index in [0.29, 0.717) is 11.1 Å². The molecule has 52 heavy (non-hydrogen) atoms. The summed E-state index contributed by atoms with van der Waals surface area (Å²) in [6, 6.07) is 51.1. The van der Waals surface area contributed by atoms with Gasteiger partial charge in [0.25, 0.3) is 0 Å². The molecule has 0 aliphatic heterocycles.